The summed E-state index contributed by atoms with van der Waals surface area (Å²) in [5, 5.41) is 3.37. The van der Waals surface area contributed by atoms with Crippen molar-refractivity contribution in [2.75, 3.05) is 63.9 Å². The first-order chi connectivity index (χ1) is 10.3. The van der Waals surface area contributed by atoms with Crippen LogP contribution in [0.3, 0.4) is 0 Å². The smallest absolute Gasteiger partial charge is 0.119 e. The molecule has 0 radical (unpaired) electrons. The Morgan fingerprint density at radius 1 is 1.14 bits per heavy atom. The summed E-state index contributed by atoms with van der Waals surface area (Å²) in [4.78, 5) is 4.81. The zero-order chi connectivity index (χ0) is 14.5. The largest absolute Gasteiger partial charge is 0.492 e. The summed E-state index contributed by atoms with van der Waals surface area (Å²) in [5.74, 6) is 1.66. The van der Waals surface area contributed by atoms with Gasteiger partial charge in [-0.2, -0.15) is 0 Å². The summed E-state index contributed by atoms with van der Waals surface area (Å²) in [5.41, 5.74) is 6.91. The van der Waals surface area contributed by atoms with Crippen LogP contribution in [0, 0.1) is 5.92 Å². The van der Waals surface area contributed by atoms with E-state index in [1.165, 1.54) is 5.69 Å². The average molecular weight is 290 g/mol. The summed E-state index contributed by atoms with van der Waals surface area (Å²) in [6.45, 7) is 9.11. The molecule has 1 aromatic carbocycles. The minimum Gasteiger partial charge on any atom is -0.492 e. The van der Waals surface area contributed by atoms with Crippen molar-refractivity contribution in [3.05, 3.63) is 24.3 Å². The van der Waals surface area contributed by atoms with Gasteiger partial charge >= 0.3 is 0 Å². The van der Waals surface area contributed by atoms with Crippen LogP contribution in [0.2, 0.25) is 0 Å². The van der Waals surface area contributed by atoms with E-state index in [1.807, 2.05) is 0 Å². The lowest BCUT2D eigenvalue weighted by Crippen LogP contribution is -2.50. The highest BCUT2D eigenvalue weighted by molar-refractivity contribution is 5.49. The van der Waals surface area contributed by atoms with Gasteiger partial charge in [-0.1, -0.05) is 0 Å². The fourth-order valence-corrected chi connectivity index (χ4v) is 2.98. The molecular formula is C16H26N4O. The van der Waals surface area contributed by atoms with Gasteiger partial charge < -0.3 is 20.7 Å². The van der Waals surface area contributed by atoms with E-state index in [0.29, 0.717) is 5.92 Å². The van der Waals surface area contributed by atoms with Gasteiger partial charge in [-0.25, -0.2) is 0 Å². The zero-order valence-electron chi connectivity index (χ0n) is 12.6. The first kappa shape index (κ1) is 14.6. The second kappa shape index (κ2) is 7.11. The van der Waals surface area contributed by atoms with Crippen LogP contribution >= 0.6 is 0 Å². The molecule has 1 aromatic rings. The van der Waals surface area contributed by atoms with Gasteiger partial charge in [0.25, 0.3) is 0 Å². The molecule has 0 aliphatic carbocycles. The minimum atomic E-state index is 0.698. The Labute approximate surface area is 127 Å². The maximum Gasteiger partial charge on any atom is 0.119 e. The number of anilines is 1. The number of nitrogens with one attached hydrogen (secondary N) is 1. The van der Waals surface area contributed by atoms with Gasteiger partial charge in [-0.3, -0.25) is 4.90 Å². The Hall–Kier alpha value is -1.30. The van der Waals surface area contributed by atoms with Crippen LogP contribution in [-0.2, 0) is 0 Å². The van der Waals surface area contributed by atoms with Crippen molar-refractivity contribution in [3.8, 4) is 5.75 Å². The molecular weight excluding hydrogens is 264 g/mol. The van der Waals surface area contributed by atoms with Crippen molar-refractivity contribution >= 4 is 5.69 Å². The standard InChI is InChI=1S/C16H26N4O/c17-11-14-12-19(13-14)9-10-21-16-3-1-15(2-4-16)20-7-5-18-6-8-20/h1-4,14,18H,5-13,17H2. The van der Waals surface area contributed by atoms with Crippen LogP contribution in [0.15, 0.2) is 24.3 Å². The van der Waals surface area contributed by atoms with Crippen molar-refractivity contribution in [2.24, 2.45) is 11.7 Å². The van der Waals surface area contributed by atoms with Gasteiger partial charge in [0.15, 0.2) is 0 Å². The molecule has 2 aliphatic heterocycles. The molecule has 0 atom stereocenters. The Kier molecular flexibility index (Phi) is 4.95. The van der Waals surface area contributed by atoms with Gasteiger partial charge in [0, 0.05) is 51.5 Å². The van der Waals surface area contributed by atoms with E-state index in [4.69, 9.17) is 10.5 Å². The molecule has 2 aliphatic rings. The summed E-state index contributed by atoms with van der Waals surface area (Å²) in [6.07, 6.45) is 0. The molecule has 0 amide bonds. The number of hydrogen-bond donors (Lipinski definition) is 2. The fourth-order valence-electron chi connectivity index (χ4n) is 2.98. The van der Waals surface area contributed by atoms with Crippen molar-refractivity contribution < 1.29 is 4.74 Å². The number of rotatable bonds is 6. The van der Waals surface area contributed by atoms with Crippen LogP contribution in [0.25, 0.3) is 0 Å². The molecule has 0 spiro atoms. The second-order valence-corrected chi connectivity index (χ2v) is 5.94. The molecule has 2 saturated heterocycles. The number of likely N-dealkylation sites (tertiary alicyclic amines) is 1. The number of nitrogens with two attached hydrogens (primary N) is 1. The summed E-state index contributed by atoms with van der Waals surface area (Å²) < 4.78 is 5.82. The molecule has 0 aromatic heterocycles. The predicted octanol–water partition coefficient (Wildman–Crippen LogP) is 0.366. The summed E-state index contributed by atoms with van der Waals surface area (Å²) >= 11 is 0. The second-order valence-electron chi connectivity index (χ2n) is 5.94. The van der Waals surface area contributed by atoms with Crippen molar-refractivity contribution in [1.29, 1.82) is 0 Å². The maximum atomic E-state index is 5.82. The van der Waals surface area contributed by atoms with Crippen LogP contribution in [0.1, 0.15) is 0 Å². The maximum absolute atomic E-state index is 5.82. The predicted molar refractivity (Wildman–Crippen MR) is 86.0 cm³/mol. The molecule has 0 unspecified atom stereocenters. The van der Waals surface area contributed by atoms with E-state index >= 15 is 0 Å². The van der Waals surface area contributed by atoms with Crippen LogP contribution < -0.4 is 20.7 Å². The van der Waals surface area contributed by atoms with Gasteiger partial charge in [-0.15, -0.1) is 0 Å². The fraction of sp³-hybridized carbons (Fsp3) is 0.625. The topological polar surface area (TPSA) is 53.8 Å². The molecule has 3 rings (SSSR count). The Morgan fingerprint density at radius 3 is 2.52 bits per heavy atom. The van der Waals surface area contributed by atoms with Gasteiger partial charge in [-0.05, 0) is 36.7 Å². The molecule has 2 fully saturated rings. The third-order valence-electron chi connectivity index (χ3n) is 4.36. The van der Waals surface area contributed by atoms with Crippen LogP contribution in [-0.4, -0.2) is 63.9 Å². The number of ether oxygens (including phenoxy) is 1. The van der Waals surface area contributed by atoms with Gasteiger partial charge in [0.1, 0.15) is 12.4 Å². The third-order valence-corrected chi connectivity index (χ3v) is 4.36. The molecule has 116 valence electrons. The van der Waals surface area contributed by atoms with Gasteiger partial charge in [0.2, 0.25) is 0 Å². The number of hydrogen-bond acceptors (Lipinski definition) is 5. The Bertz CT molecular complexity index is 424. The quantitative estimate of drug-likeness (QED) is 0.792. The normalized spacial score (nSPS) is 20.3. The van der Waals surface area contributed by atoms with E-state index in [9.17, 15) is 0 Å². The van der Waals surface area contributed by atoms with Crippen molar-refractivity contribution in [2.45, 2.75) is 0 Å². The highest BCUT2D eigenvalue weighted by Crippen LogP contribution is 2.20. The molecule has 3 N–H and O–H groups in total. The molecule has 0 bridgehead atoms. The van der Waals surface area contributed by atoms with Crippen LogP contribution in [0.5, 0.6) is 5.75 Å². The first-order valence-electron chi connectivity index (χ1n) is 7.96. The lowest BCUT2D eigenvalue weighted by atomic mass is 10.0. The van der Waals surface area contributed by atoms with E-state index < -0.39 is 0 Å². The lowest BCUT2D eigenvalue weighted by molar-refractivity contribution is 0.0875. The van der Waals surface area contributed by atoms with Crippen molar-refractivity contribution in [3.63, 3.8) is 0 Å². The highest BCUT2D eigenvalue weighted by Gasteiger charge is 2.24. The van der Waals surface area contributed by atoms with E-state index in [-0.39, 0.29) is 0 Å². The van der Waals surface area contributed by atoms with E-state index in [2.05, 4.69) is 39.4 Å². The lowest BCUT2D eigenvalue weighted by Gasteiger charge is -2.38. The molecule has 5 heteroatoms. The Balaban J connectivity index is 1.40. The average Bonchev–Trinajstić information content (AvgIpc) is 2.51. The number of piperazine rings is 1. The molecule has 21 heavy (non-hydrogen) atoms. The summed E-state index contributed by atoms with van der Waals surface area (Å²) in [7, 11) is 0. The van der Waals surface area contributed by atoms with Gasteiger partial charge in [0.05, 0.1) is 0 Å². The molecule has 0 saturated carbocycles. The molecule has 2 heterocycles. The van der Waals surface area contributed by atoms with Crippen molar-refractivity contribution in [1.82, 2.24) is 10.2 Å². The van der Waals surface area contributed by atoms with E-state index in [1.54, 1.807) is 0 Å². The zero-order valence-corrected chi connectivity index (χ0v) is 12.6. The number of benzene rings is 1. The first-order valence-corrected chi connectivity index (χ1v) is 7.96. The van der Waals surface area contributed by atoms with E-state index in [0.717, 1.165) is 64.7 Å². The number of nitrogens with zero attached hydrogens (tertiary/aromatic N) is 2. The minimum absolute atomic E-state index is 0.698. The SMILES string of the molecule is NCC1CN(CCOc2ccc(N3CCNCC3)cc2)C1. The Morgan fingerprint density at radius 2 is 1.86 bits per heavy atom. The molecule has 5 nitrogen and oxygen atoms in total. The monoisotopic (exact) mass is 290 g/mol. The third kappa shape index (κ3) is 3.87. The summed E-state index contributed by atoms with van der Waals surface area (Å²) in [6, 6.07) is 8.48. The van der Waals surface area contributed by atoms with Crippen LogP contribution in [0.4, 0.5) is 5.69 Å². The highest BCUT2D eigenvalue weighted by atomic mass is 16.5.